The van der Waals surface area contributed by atoms with Crippen molar-refractivity contribution in [2.45, 2.75) is 18.2 Å². The van der Waals surface area contributed by atoms with Crippen LogP contribution >= 0.6 is 11.6 Å². The SMILES string of the molecule is CCCNC(=O)c1ccc(S(=O)(=O)Nc2ccccc2Cl)cc1. The molecule has 1 amide bonds. The maximum atomic E-state index is 12.3. The van der Waals surface area contributed by atoms with Gasteiger partial charge in [-0.2, -0.15) is 0 Å². The van der Waals surface area contributed by atoms with Gasteiger partial charge in [0.2, 0.25) is 0 Å². The molecule has 5 nitrogen and oxygen atoms in total. The average Bonchev–Trinajstić information content (AvgIpc) is 2.55. The van der Waals surface area contributed by atoms with Crippen molar-refractivity contribution in [3.8, 4) is 0 Å². The van der Waals surface area contributed by atoms with Crippen molar-refractivity contribution in [2.75, 3.05) is 11.3 Å². The Balaban J connectivity index is 2.18. The highest BCUT2D eigenvalue weighted by Crippen LogP contribution is 2.24. The summed E-state index contributed by atoms with van der Waals surface area (Å²) in [7, 11) is -3.76. The van der Waals surface area contributed by atoms with Gasteiger partial charge in [0.15, 0.2) is 0 Å². The molecule has 2 N–H and O–H groups in total. The minimum Gasteiger partial charge on any atom is -0.352 e. The van der Waals surface area contributed by atoms with E-state index in [0.29, 0.717) is 22.8 Å². The van der Waals surface area contributed by atoms with Crippen LogP contribution in [0.15, 0.2) is 53.4 Å². The molecular weight excluding hydrogens is 336 g/mol. The van der Waals surface area contributed by atoms with Gasteiger partial charge in [0.05, 0.1) is 15.6 Å². The molecule has 0 fully saturated rings. The van der Waals surface area contributed by atoms with Gasteiger partial charge in [0.25, 0.3) is 15.9 Å². The molecule has 0 aliphatic rings. The predicted molar refractivity (Wildman–Crippen MR) is 91.3 cm³/mol. The van der Waals surface area contributed by atoms with Gasteiger partial charge in [0.1, 0.15) is 0 Å². The summed E-state index contributed by atoms with van der Waals surface area (Å²) in [5.41, 5.74) is 0.717. The third-order valence-electron chi connectivity index (χ3n) is 3.08. The summed E-state index contributed by atoms with van der Waals surface area (Å²) < 4.78 is 27.1. The fourth-order valence-electron chi connectivity index (χ4n) is 1.87. The smallest absolute Gasteiger partial charge is 0.261 e. The number of rotatable bonds is 6. The minimum atomic E-state index is -3.76. The second kappa shape index (κ2) is 7.48. The highest BCUT2D eigenvalue weighted by Gasteiger charge is 2.16. The van der Waals surface area contributed by atoms with Crippen LogP contribution in [0.25, 0.3) is 0 Å². The van der Waals surface area contributed by atoms with E-state index in [2.05, 4.69) is 10.0 Å². The number of hydrogen-bond acceptors (Lipinski definition) is 3. The molecule has 0 bridgehead atoms. The quantitative estimate of drug-likeness (QED) is 0.837. The van der Waals surface area contributed by atoms with Crippen molar-refractivity contribution in [2.24, 2.45) is 0 Å². The normalized spacial score (nSPS) is 11.0. The van der Waals surface area contributed by atoms with Crippen LogP contribution in [0.5, 0.6) is 0 Å². The highest BCUT2D eigenvalue weighted by molar-refractivity contribution is 7.92. The Morgan fingerprint density at radius 1 is 1.09 bits per heavy atom. The Labute approximate surface area is 140 Å². The van der Waals surface area contributed by atoms with Crippen molar-refractivity contribution in [3.63, 3.8) is 0 Å². The molecule has 0 saturated heterocycles. The number of para-hydroxylation sites is 1. The van der Waals surface area contributed by atoms with Crippen molar-refractivity contribution in [1.82, 2.24) is 5.32 Å². The lowest BCUT2D eigenvalue weighted by molar-refractivity contribution is 0.0953. The maximum absolute atomic E-state index is 12.3. The van der Waals surface area contributed by atoms with Gasteiger partial charge >= 0.3 is 0 Å². The van der Waals surface area contributed by atoms with Gasteiger partial charge in [-0.05, 0) is 42.8 Å². The number of benzene rings is 2. The fraction of sp³-hybridized carbons (Fsp3) is 0.188. The van der Waals surface area contributed by atoms with Gasteiger partial charge in [-0.3, -0.25) is 9.52 Å². The first kappa shape index (κ1) is 17.3. The van der Waals surface area contributed by atoms with Crippen molar-refractivity contribution >= 4 is 33.2 Å². The third kappa shape index (κ3) is 4.46. The van der Waals surface area contributed by atoms with Gasteiger partial charge in [-0.25, -0.2) is 8.42 Å². The van der Waals surface area contributed by atoms with Crippen molar-refractivity contribution in [1.29, 1.82) is 0 Å². The molecule has 122 valence electrons. The molecular formula is C16H17ClN2O3S. The number of anilines is 1. The van der Waals surface area contributed by atoms with Gasteiger partial charge in [-0.1, -0.05) is 30.7 Å². The van der Waals surface area contributed by atoms with Gasteiger partial charge in [-0.15, -0.1) is 0 Å². The predicted octanol–water partition coefficient (Wildman–Crippen LogP) is 3.28. The topological polar surface area (TPSA) is 75.3 Å². The molecule has 2 rings (SSSR count). The van der Waals surface area contributed by atoms with Crippen LogP contribution in [0.4, 0.5) is 5.69 Å². The molecule has 0 heterocycles. The van der Waals surface area contributed by atoms with Crippen LogP contribution in [0.3, 0.4) is 0 Å². The molecule has 2 aromatic carbocycles. The lowest BCUT2D eigenvalue weighted by Crippen LogP contribution is -2.24. The molecule has 0 unspecified atom stereocenters. The molecule has 0 spiro atoms. The number of sulfonamides is 1. The van der Waals surface area contributed by atoms with Crippen LogP contribution in [0, 0.1) is 0 Å². The Kier molecular flexibility index (Phi) is 5.63. The highest BCUT2D eigenvalue weighted by atomic mass is 35.5. The Bertz CT molecular complexity index is 789. The molecule has 0 aromatic heterocycles. The Morgan fingerprint density at radius 3 is 2.35 bits per heavy atom. The molecule has 0 aliphatic heterocycles. The standard InChI is InChI=1S/C16H17ClN2O3S/c1-2-11-18-16(20)12-7-9-13(10-8-12)23(21,22)19-15-6-4-3-5-14(15)17/h3-10,19H,2,11H2,1H3,(H,18,20). The maximum Gasteiger partial charge on any atom is 0.261 e. The summed E-state index contributed by atoms with van der Waals surface area (Å²) in [6, 6.07) is 12.3. The lowest BCUT2D eigenvalue weighted by atomic mass is 10.2. The Hall–Kier alpha value is -2.05. The van der Waals surface area contributed by atoms with Crippen molar-refractivity contribution < 1.29 is 13.2 Å². The first-order valence-electron chi connectivity index (χ1n) is 7.09. The molecule has 0 aliphatic carbocycles. The first-order chi connectivity index (χ1) is 10.9. The molecule has 2 aromatic rings. The third-order valence-corrected chi connectivity index (χ3v) is 4.79. The van der Waals surface area contributed by atoms with E-state index in [-0.39, 0.29) is 10.8 Å². The second-order valence-corrected chi connectivity index (χ2v) is 6.96. The number of hydrogen-bond donors (Lipinski definition) is 2. The van der Waals surface area contributed by atoms with Gasteiger partial charge < -0.3 is 5.32 Å². The number of halogens is 1. The summed E-state index contributed by atoms with van der Waals surface area (Å²) in [5, 5.41) is 3.04. The van der Waals surface area contributed by atoms with Crippen LogP contribution < -0.4 is 10.0 Å². The second-order valence-electron chi connectivity index (χ2n) is 4.87. The van der Waals surface area contributed by atoms with E-state index in [4.69, 9.17) is 11.6 Å². The van der Waals surface area contributed by atoms with Gasteiger partial charge in [0, 0.05) is 12.1 Å². The zero-order valence-corrected chi connectivity index (χ0v) is 14.1. The number of carbonyl (C=O) groups is 1. The van der Waals surface area contributed by atoms with E-state index in [1.54, 1.807) is 24.3 Å². The molecule has 0 radical (unpaired) electrons. The van der Waals surface area contributed by atoms with Crippen LogP contribution in [-0.2, 0) is 10.0 Å². The Morgan fingerprint density at radius 2 is 1.74 bits per heavy atom. The molecule has 0 saturated carbocycles. The number of carbonyl (C=O) groups excluding carboxylic acids is 1. The first-order valence-corrected chi connectivity index (χ1v) is 8.96. The lowest BCUT2D eigenvalue weighted by Gasteiger charge is -2.10. The minimum absolute atomic E-state index is 0.0597. The summed E-state index contributed by atoms with van der Waals surface area (Å²) in [4.78, 5) is 11.9. The van der Waals surface area contributed by atoms with Crippen LogP contribution in [0.1, 0.15) is 23.7 Å². The largest absolute Gasteiger partial charge is 0.352 e. The van der Waals surface area contributed by atoms with E-state index < -0.39 is 10.0 Å². The summed E-state index contributed by atoms with van der Waals surface area (Å²) in [6.07, 6.45) is 0.833. The number of nitrogens with one attached hydrogen (secondary N) is 2. The average molecular weight is 353 g/mol. The monoisotopic (exact) mass is 352 g/mol. The van der Waals surface area contributed by atoms with E-state index in [1.165, 1.54) is 24.3 Å². The van der Waals surface area contributed by atoms with E-state index >= 15 is 0 Å². The van der Waals surface area contributed by atoms with Crippen LogP contribution in [0.2, 0.25) is 5.02 Å². The summed E-state index contributed by atoms with van der Waals surface area (Å²) in [5.74, 6) is -0.227. The van der Waals surface area contributed by atoms with Crippen molar-refractivity contribution in [3.05, 3.63) is 59.1 Å². The van der Waals surface area contributed by atoms with E-state index in [9.17, 15) is 13.2 Å². The van der Waals surface area contributed by atoms with Crippen LogP contribution in [-0.4, -0.2) is 20.9 Å². The zero-order valence-electron chi connectivity index (χ0n) is 12.5. The summed E-state index contributed by atoms with van der Waals surface area (Å²) in [6.45, 7) is 2.53. The number of amides is 1. The zero-order chi connectivity index (χ0) is 16.9. The fourth-order valence-corrected chi connectivity index (χ4v) is 3.19. The van der Waals surface area contributed by atoms with E-state index in [1.807, 2.05) is 6.92 Å². The summed E-state index contributed by atoms with van der Waals surface area (Å²) >= 11 is 5.95. The molecule has 0 atom stereocenters. The van der Waals surface area contributed by atoms with E-state index in [0.717, 1.165) is 6.42 Å². The molecule has 23 heavy (non-hydrogen) atoms. The molecule has 7 heteroatoms.